The fourth-order valence-electron chi connectivity index (χ4n) is 8.73. The first-order valence-corrected chi connectivity index (χ1v) is 22.4. The van der Waals surface area contributed by atoms with Crippen LogP contribution in [0.5, 0.6) is 11.5 Å². The summed E-state index contributed by atoms with van der Waals surface area (Å²) < 4.78 is 101. The molecule has 0 unspecified atom stereocenters. The molecule has 0 bridgehead atoms. The van der Waals surface area contributed by atoms with E-state index in [4.69, 9.17) is 19.3 Å². The predicted molar refractivity (Wildman–Crippen MR) is 272 cm³/mol. The number of para-hydroxylation sites is 4. The van der Waals surface area contributed by atoms with Crippen LogP contribution in [0.4, 0.5) is 0 Å². The van der Waals surface area contributed by atoms with Crippen molar-refractivity contribution < 1.29 is 44.1 Å². The fraction of sp³-hybridized carbons (Fsp3) is 0.213. The van der Waals surface area contributed by atoms with Crippen molar-refractivity contribution in [3.05, 3.63) is 199 Å². The van der Waals surface area contributed by atoms with Crippen LogP contribution < -0.4 is 9.30 Å². The van der Waals surface area contributed by atoms with E-state index in [0.717, 1.165) is 33.3 Å². The van der Waals surface area contributed by atoms with Crippen LogP contribution in [0, 0.1) is 18.5 Å². The molecule has 7 aromatic carbocycles. The maximum Gasteiger partial charge on any atom is 0.268 e. The van der Waals surface area contributed by atoms with Crippen molar-refractivity contribution in [1.82, 2.24) is 14.1 Å². The molecule has 10 aromatic rings. The molecule has 0 atom stereocenters. The zero-order valence-corrected chi connectivity index (χ0v) is 41.1. The SMILES string of the molecule is [2H]c1c([2H])c([2H])c(-c2cccc(-c3cc(C(C)(C)C)cc(C(C)(C)C)c3)c2-[n+]2[c-]n(-c3[c-]c(Oc4[c-]c5c(cc4)c4c([2H])c([2H])c([2H])c([2H])c4n5-c4cc(C([2H])(CC)CC)ccn4)ccc3)c3ccccc32)c([2H])c1[2H].[Pt]. The average Bonchev–Trinajstić information content (AvgIpc) is 3.96. The molecule has 0 fully saturated rings. The molecule has 5 nitrogen and oxygen atoms in total. The van der Waals surface area contributed by atoms with Crippen molar-refractivity contribution >= 4 is 32.8 Å². The van der Waals surface area contributed by atoms with Gasteiger partial charge in [0.25, 0.3) is 6.33 Å². The summed E-state index contributed by atoms with van der Waals surface area (Å²) in [5.74, 6) is 0.0606. The monoisotopic (exact) mass is 1070 g/mol. The Balaban J connectivity index is 0.00000722. The Hall–Kier alpha value is -6.55. The van der Waals surface area contributed by atoms with Crippen LogP contribution in [0.25, 0.3) is 72.3 Å². The molecular weight excluding hydrogens is 1000 g/mol. The molecule has 0 saturated heterocycles. The average molecular weight is 1070 g/mol. The van der Waals surface area contributed by atoms with E-state index in [-0.39, 0.29) is 85.0 Å². The number of hydrogen-bond acceptors (Lipinski definition) is 2. The molecule has 0 aliphatic carbocycles. The number of rotatable bonds is 10. The van der Waals surface area contributed by atoms with E-state index in [9.17, 15) is 4.11 Å². The summed E-state index contributed by atoms with van der Waals surface area (Å²) in [6.45, 7) is 17.0. The first-order chi connectivity index (χ1) is 36.0. The summed E-state index contributed by atoms with van der Waals surface area (Å²) in [7, 11) is 0. The Bertz CT molecular complexity index is 3940. The molecule has 3 aromatic heterocycles. The zero-order valence-electron chi connectivity index (χ0n) is 48.8. The number of aromatic nitrogens is 4. The Morgan fingerprint density at radius 1 is 0.672 bits per heavy atom. The van der Waals surface area contributed by atoms with Crippen molar-refractivity contribution in [3.63, 3.8) is 0 Å². The van der Waals surface area contributed by atoms with Gasteiger partial charge in [-0.25, -0.2) is 4.98 Å². The summed E-state index contributed by atoms with van der Waals surface area (Å²) >= 11 is 0. The number of imidazole rings is 1. The number of ether oxygens (including phenoxy) is 1. The molecule has 0 amide bonds. The summed E-state index contributed by atoms with van der Waals surface area (Å²) in [6.07, 6.45) is 6.33. The molecule has 67 heavy (non-hydrogen) atoms. The fourth-order valence-corrected chi connectivity index (χ4v) is 8.73. The van der Waals surface area contributed by atoms with Crippen LogP contribution in [0.15, 0.2) is 164 Å². The molecular formula is C61H56N4OPt-2. The molecule has 0 saturated carbocycles. The normalized spacial score (nSPS) is 14.3. The molecule has 0 radical (unpaired) electrons. The van der Waals surface area contributed by atoms with Crippen molar-refractivity contribution in [2.24, 2.45) is 0 Å². The molecule has 0 aliphatic heterocycles. The first-order valence-electron chi connectivity index (χ1n) is 27.4. The Morgan fingerprint density at radius 2 is 1.34 bits per heavy atom. The van der Waals surface area contributed by atoms with Gasteiger partial charge in [0, 0.05) is 45.6 Å². The quantitative estimate of drug-likeness (QED) is 0.101. The van der Waals surface area contributed by atoms with Gasteiger partial charge in [0.2, 0.25) is 0 Å². The molecule has 6 heteroatoms. The largest absolute Gasteiger partial charge is 0.510 e. The van der Waals surface area contributed by atoms with Gasteiger partial charge in [0.1, 0.15) is 5.82 Å². The van der Waals surface area contributed by atoms with E-state index in [2.05, 4.69) is 78.2 Å². The maximum absolute atomic E-state index is 9.22. The number of nitrogens with zero attached hydrogens (tertiary/aromatic N) is 4. The van der Waals surface area contributed by atoms with Crippen LogP contribution in [0.3, 0.4) is 0 Å². The van der Waals surface area contributed by atoms with Crippen molar-refractivity contribution in [1.29, 1.82) is 0 Å². The maximum atomic E-state index is 9.22. The van der Waals surface area contributed by atoms with Gasteiger partial charge in [-0.3, -0.25) is 4.57 Å². The topological polar surface area (TPSA) is 35.9 Å². The third-order valence-electron chi connectivity index (χ3n) is 12.3. The van der Waals surface area contributed by atoms with Gasteiger partial charge in [0.05, 0.1) is 29.1 Å². The summed E-state index contributed by atoms with van der Waals surface area (Å²) in [4.78, 5) is 4.70. The van der Waals surface area contributed by atoms with Gasteiger partial charge in [-0.2, -0.15) is 18.2 Å². The van der Waals surface area contributed by atoms with Crippen LogP contribution in [0.2, 0.25) is 0 Å². The van der Waals surface area contributed by atoms with Crippen molar-refractivity contribution in [3.8, 4) is 50.9 Å². The van der Waals surface area contributed by atoms with E-state index in [0.29, 0.717) is 63.2 Å². The molecule has 0 spiro atoms. The predicted octanol–water partition coefficient (Wildman–Crippen LogP) is 15.4. The second kappa shape index (κ2) is 18.3. The zero-order chi connectivity index (χ0) is 54.5. The molecule has 0 aliphatic rings. The minimum atomic E-state index is -0.902. The van der Waals surface area contributed by atoms with Crippen LogP contribution >= 0.6 is 0 Å². The number of benzene rings is 7. The number of fused-ring (bicyclic) bond motifs is 4. The van der Waals surface area contributed by atoms with Gasteiger partial charge in [-0.05, 0) is 97.8 Å². The third-order valence-corrected chi connectivity index (χ3v) is 12.3. The van der Waals surface area contributed by atoms with E-state index >= 15 is 0 Å². The summed E-state index contributed by atoms with van der Waals surface area (Å²) in [6, 6.07) is 36.2. The van der Waals surface area contributed by atoms with Gasteiger partial charge in [-0.1, -0.05) is 170 Å². The molecule has 3 heterocycles. The standard InChI is InChI=1S/C61H56N4O.Pt/c1-9-41(10-2)43-32-33-62-58(36-43)65-54-27-15-14-24-52(54)53-31-30-49(39-57(53)65)66-48-23-18-22-47(38-48)63-40-64(56-29-17-16-28-55(56)63)59-50(42-20-12-11-13-21-42)25-19-26-51(59)44-34-45(60(3,4)5)37-46(35-44)61(6,7)8;/h11-37,41H,9-10H2,1-8H3;/q-2;/i11D,12D,13D,14D,15D,20D,21D,24D,27D,41D;. The number of pyridine rings is 1. The van der Waals surface area contributed by atoms with Crippen molar-refractivity contribution in [2.75, 3.05) is 0 Å². The minimum absolute atomic E-state index is 0. The van der Waals surface area contributed by atoms with Crippen LogP contribution in [-0.4, -0.2) is 14.1 Å². The van der Waals surface area contributed by atoms with E-state index in [1.54, 1.807) is 41.1 Å². The summed E-state index contributed by atoms with van der Waals surface area (Å²) in [5, 5.41) is 0.826. The molecule has 0 N–H and O–H groups in total. The Morgan fingerprint density at radius 3 is 2.07 bits per heavy atom. The van der Waals surface area contributed by atoms with E-state index in [1.165, 1.54) is 0 Å². The summed E-state index contributed by atoms with van der Waals surface area (Å²) in [5.41, 5.74) is 7.84. The Labute approximate surface area is 424 Å². The second-order valence-electron chi connectivity index (χ2n) is 18.6. The Kier molecular flexibility index (Phi) is 9.46. The van der Waals surface area contributed by atoms with Crippen molar-refractivity contribution in [2.45, 2.75) is 85.0 Å². The van der Waals surface area contributed by atoms with E-state index < -0.39 is 24.0 Å². The van der Waals surface area contributed by atoms with Gasteiger partial charge >= 0.3 is 0 Å². The minimum Gasteiger partial charge on any atom is -0.510 e. The van der Waals surface area contributed by atoms with Gasteiger partial charge in [-0.15, -0.1) is 29.7 Å². The van der Waals surface area contributed by atoms with E-state index in [1.807, 2.05) is 77.6 Å². The smallest absolute Gasteiger partial charge is 0.268 e. The van der Waals surface area contributed by atoms with Gasteiger partial charge in [0.15, 0.2) is 0 Å². The first kappa shape index (κ1) is 34.7. The molecule has 10 rings (SSSR count). The van der Waals surface area contributed by atoms with Crippen LogP contribution in [-0.2, 0) is 31.9 Å². The van der Waals surface area contributed by atoms with Crippen LogP contribution in [0.1, 0.15) is 105 Å². The molecule has 338 valence electrons. The van der Waals surface area contributed by atoms with Gasteiger partial charge < -0.3 is 13.9 Å². The third kappa shape index (κ3) is 8.67. The number of hydrogen-bond donors (Lipinski definition) is 0. The second-order valence-corrected chi connectivity index (χ2v) is 18.6.